The van der Waals surface area contributed by atoms with Gasteiger partial charge in [-0.05, 0) is 58.8 Å². The number of hydrogen-bond donors (Lipinski definition) is 1. The minimum atomic E-state index is -0.129. The molecule has 134 valence electrons. The quantitative estimate of drug-likeness (QED) is 0.645. The van der Waals surface area contributed by atoms with Crippen LogP contribution in [0.1, 0.15) is 12.5 Å². The monoisotopic (exact) mass is 369 g/mol. The lowest BCUT2D eigenvalue weighted by Gasteiger charge is -2.07. The molecule has 0 saturated carbocycles. The summed E-state index contributed by atoms with van der Waals surface area (Å²) in [5, 5.41) is 15.1. The Morgan fingerprint density at radius 1 is 1.15 bits per heavy atom. The van der Waals surface area contributed by atoms with Gasteiger partial charge in [0.15, 0.2) is 0 Å². The summed E-state index contributed by atoms with van der Waals surface area (Å²) >= 11 is 1.28. The molecule has 3 rings (SSSR count). The number of carbonyl (C=O) groups excluding carboxylic acids is 1. The zero-order valence-electron chi connectivity index (χ0n) is 14.5. The molecule has 1 N–H and O–H groups in total. The van der Waals surface area contributed by atoms with Gasteiger partial charge in [-0.2, -0.15) is 4.68 Å². The first-order chi connectivity index (χ1) is 12.7. The summed E-state index contributed by atoms with van der Waals surface area (Å²) in [6, 6.07) is 15.2. The van der Waals surface area contributed by atoms with Gasteiger partial charge in [-0.15, -0.1) is 5.10 Å². The van der Waals surface area contributed by atoms with E-state index >= 15 is 0 Å². The Morgan fingerprint density at radius 2 is 1.88 bits per heavy atom. The van der Waals surface area contributed by atoms with Gasteiger partial charge in [-0.3, -0.25) is 4.79 Å². The number of nitrogens with zero attached hydrogens (tertiary/aromatic N) is 4. The molecule has 1 heterocycles. The third-order valence-corrected chi connectivity index (χ3v) is 4.66. The van der Waals surface area contributed by atoms with Gasteiger partial charge in [0.2, 0.25) is 11.1 Å². The fraction of sp³-hybridized carbons (Fsp3) is 0.222. The van der Waals surface area contributed by atoms with Crippen molar-refractivity contribution in [3.05, 3.63) is 54.1 Å². The van der Waals surface area contributed by atoms with Crippen molar-refractivity contribution in [2.75, 3.05) is 18.2 Å². The number of carbonyl (C=O) groups is 1. The van der Waals surface area contributed by atoms with Crippen LogP contribution in [0.15, 0.2) is 53.7 Å². The lowest BCUT2D eigenvalue weighted by molar-refractivity contribution is -0.113. The average Bonchev–Trinajstić information content (AvgIpc) is 3.15. The maximum Gasteiger partial charge on any atom is 0.234 e. The van der Waals surface area contributed by atoms with Gasteiger partial charge >= 0.3 is 0 Å². The molecule has 0 aliphatic carbocycles. The molecule has 0 atom stereocenters. The molecular formula is C18H19N5O2S. The average molecular weight is 369 g/mol. The van der Waals surface area contributed by atoms with Crippen LogP contribution in [0.2, 0.25) is 0 Å². The third-order valence-electron chi connectivity index (χ3n) is 3.74. The van der Waals surface area contributed by atoms with E-state index in [0.29, 0.717) is 10.8 Å². The molecule has 0 aliphatic rings. The number of rotatable bonds is 7. The van der Waals surface area contributed by atoms with Gasteiger partial charge in [0.25, 0.3) is 0 Å². The standard InChI is InChI=1S/C18H19N5O2S/c1-3-13-4-8-15(9-5-13)23-18(20-21-22-23)26-12-17(24)19-14-6-10-16(25-2)11-7-14/h4-11H,3,12H2,1-2H3,(H,19,24). The zero-order chi connectivity index (χ0) is 18.4. The Labute approximate surface area is 155 Å². The number of nitrogens with one attached hydrogen (secondary N) is 1. The zero-order valence-corrected chi connectivity index (χ0v) is 15.4. The molecule has 0 saturated heterocycles. The second kappa shape index (κ2) is 8.48. The van der Waals surface area contributed by atoms with Crippen LogP contribution in [-0.4, -0.2) is 39.0 Å². The SMILES string of the molecule is CCc1ccc(-n2nnnc2SCC(=O)Nc2ccc(OC)cc2)cc1. The highest BCUT2D eigenvalue weighted by Gasteiger charge is 2.12. The lowest BCUT2D eigenvalue weighted by Crippen LogP contribution is -2.14. The van der Waals surface area contributed by atoms with Crippen LogP contribution in [-0.2, 0) is 11.2 Å². The molecule has 8 heteroatoms. The minimum absolute atomic E-state index is 0.129. The summed E-state index contributed by atoms with van der Waals surface area (Å²) in [7, 11) is 1.60. The van der Waals surface area contributed by atoms with Gasteiger partial charge < -0.3 is 10.1 Å². The summed E-state index contributed by atoms with van der Waals surface area (Å²) < 4.78 is 6.73. The number of aryl methyl sites for hydroxylation is 1. The maximum absolute atomic E-state index is 12.2. The predicted octanol–water partition coefficient (Wildman–Crippen LogP) is 2.96. The van der Waals surface area contributed by atoms with E-state index in [9.17, 15) is 4.79 Å². The molecule has 0 unspecified atom stereocenters. The molecule has 1 amide bonds. The molecule has 7 nitrogen and oxygen atoms in total. The number of amides is 1. The Kier molecular flexibility index (Phi) is 5.85. The molecule has 3 aromatic rings. The van der Waals surface area contributed by atoms with Crippen molar-refractivity contribution in [2.45, 2.75) is 18.5 Å². The van der Waals surface area contributed by atoms with Crippen molar-refractivity contribution >= 4 is 23.4 Å². The van der Waals surface area contributed by atoms with Gasteiger partial charge in [0, 0.05) is 5.69 Å². The van der Waals surface area contributed by atoms with Gasteiger partial charge in [-0.1, -0.05) is 30.8 Å². The summed E-state index contributed by atoms with van der Waals surface area (Å²) in [6.45, 7) is 2.11. The first kappa shape index (κ1) is 17.9. The van der Waals surface area contributed by atoms with Gasteiger partial charge in [-0.25, -0.2) is 0 Å². The van der Waals surface area contributed by atoms with E-state index in [1.165, 1.54) is 17.3 Å². The Morgan fingerprint density at radius 3 is 2.54 bits per heavy atom. The topological polar surface area (TPSA) is 81.9 Å². The molecule has 0 fully saturated rings. The van der Waals surface area contributed by atoms with E-state index < -0.39 is 0 Å². The molecule has 2 aromatic carbocycles. The lowest BCUT2D eigenvalue weighted by atomic mass is 10.1. The normalized spacial score (nSPS) is 10.5. The van der Waals surface area contributed by atoms with Crippen LogP contribution in [0, 0.1) is 0 Å². The van der Waals surface area contributed by atoms with Crippen LogP contribution in [0.4, 0.5) is 5.69 Å². The van der Waals surface area contributed by atoms with E-state index in [1.54, 1.807) is 36.1 Å². The van der Waals surface area contributed by atoms with Crippen molar-refractivity contribution in [1.29, 1.82) is 0 Å². The van der Waals surface area contributed by atoms with Crippen LogP contribution < -0.4 is 10.1 Å². The number of tetrazole rings is 1. The first-order valence-electron chi connectivity index (χ1n) is 8.14. The fourth-order valence-electron chi connectivity index (χ4n) is 2.31. The molecule has 0 aliphatic heterocycles. The van der Waals surface area contributed by atoms with E-state index in [2.05, 4.69) is 27.8 Å². The van der Waals surface area contributed by atoms with Crippen molar-refractivity contribution in [2.24, 2.45) is 0 Å². The molecule has 0 spiro atoms. The Hall–Kier alpha value is -2.87. The second-order valence-corrected chi connectivity index (χ2v) is 6.40. The fourth-order valence-corrected chi connectivity index (χ4v) is 3.00. The summed E-state index contributed by atoms with van der Waals surface area (Å²) in [5.41, 5.74) is 2.83. The van der Waals surface area contributed by atoms with Crippen LogP contribution >= 0.6 is 11.8 Å². The van der Waals surface area contributed by atoms with Crippen molar-refractivity contribution in [3.8, 4) is 11.4 Å². The van der Waals surface area contributed by atoms with E-state index in [0.717, 1.165) is 17.9 Å². The number of thioether (sulfide) groups is 1. The van der Waals surface area contributed by atoms with E-state index in [4.69, 9.17) is 4.74 Å². The Balaban J connectivity index is 1.60. The van der Waals surface area contributed by atoms with Crippen molar-refractivity contribution in [3.63, 3.8) is 0 Å². The largest absolute Gasteiger partial charge is 0.497 e. The molecule has 26 heavy (non-hydrogen) atoms. The summed E-state index contributed by atoms with van der Waals surface area (Å²) in [4.78, 5) is 12.2. The number of hydrogen-bond acceptors (Lipinski definition) is 6. The molecule has 0 bridgehead atoms. The van der Waals surface area contributed by atoms with Crippen LogP contribution in [0.5, 0.6) is 5.75 Å². The van der Waals surface area contributed by atoms with E-state index in [-0.39, 0.29) is 11.7 Å². The van der Waals surface area contributed by atoms with Gasteiger partial charge in [0.1, 0.15) is 5.75 Å². The van der Waals surface area contributed by atoms with Crippen LogP contribution in [0.3, 0.4) is 0 Å². The second-order valence-electron chi connectivity index (χ2n) is 5.46. The minimum Gasteiger partial charge on any atom is -0.497 e. The highest BCUT2D eigenvalue weighted by atomic mass is 32.2. The molecular weight excluding hydrogens is 350 g/mol. The van der Waals surface area contributed by atoms with Crippen LogP contribution in [0.25, 0.3) is 5.69 Å². The number of benzene rings is 2. The number of aromatic nitrogens is 4. The summed E-state index contributed by atoms with van der Waals surface area (Å²) in [6.07, 6.45) is 0.975. The van der Waals surface area contributed by atoms with E-state index in [1.807, 2.05) is 24.3 Å². The van der Waals surface area contributed by atoms with Gasteiger partial charge in [0.05, 0.1) is 18.6 Å². The third kappa shape index (κ3) is 4.40. The highest BCUT2D eigenvalue weighted by molar-refractivity contribution is 7.99. The van der Waals surface area contributed by atoms with Crippen molar-refractivity contribution in [1.82, 2.24) is 20.2 Å². The predicted molar refractivity (Wildman–Crippen MR) is 101 cm³/mol. The number of ether oxygens (including phenoxy) is 1. The number of methoxy groups -OCH3 is 1. The maximum atomic E-state index is 12.2. The number of anilines is 1. The molecule has 1 aromatic heterocycles. The van der Waals surface area contributed by atoms with Crippen molar-refractivity contribution < 1.29 is 9.53 Å². The summed E-state index contributed by atoms with van der Waals surface area (Å²) in [5.74, 6) is 0.820. The highest BCUT2D eigenvalue weighted by Crippen LogP contribution is 2.20. The molecule has 0 radical (unpaired) electrons. The first-order valence-corrected chi connectivity index (χ1v) is 9.12. The smallest absolute Gasteiger partial charge is 0.234 e. The Bertz CT molecular complexity index is 862.